The van der Waals surface area contributed by atoms with Crippen LogP contribution in [0.15, 0.2) is 42.5 Å². The molecule has 1 saturated heterocycles. The number of benzene rings is 2. The van der Waals surface area contributed by atoms with Crippen molar-refractivity contribution in [1.82, 2.24) is 4.98 Å². The minimum atomic E-state index is 0.228. The Morgan fingerprint density at radius 3 is 2.68 bits per heavy atom. The molecular formula is C16H14N2O. The smallest absolute Gasteiger partial charge is 0.227 e. The Bertz CT molecular complexity index is 788. The van der Waals surface area contributed by atoms with Gasteiger partial charge in [0.05, 0.1) is 11.2 Å². The Morgan fingerprint density at radius 2 is 1.84 bits per heavy atom. The Labute approximate surface area is 110 Å². The fraction of sp³-hybridized carbons (Fsp3) is 0.188. The van der Waals surface area contributed by atoms with Crippen LogP contribution in [-0.2, 0) is 4.79 Å². The number of H-pyrrole nitrogens is 1. The molecule has 3 heteroatoms. The largest absolute Gasteiger partial charge is 0.353 e. The number of nitrogens with one attached hydrogen (secondary N) is 1. The summed E-state index contributed by atoms with van der Waals surface area (Å²) >= 11 is 0. The van der Waals surface area contributed by atoms with Gasteiger partial charge in [0.15, 0.2) is 0 Å². The van der Waals surface area contributed by atoms with Crippen LogP contribution in [0.4, 0.5) is 5.69 Å². The molecular weight excluding hydrogens is 236 g/mol. The monoisotopic (exact) mass is 250 g/mol. The maximum absolute atomic E-state index is 11.9. The van der Waals surface area contributed by atoms with Crippen molar-refractivity contribution in [2.75, 3.05) is 11.4 Å². The molecule has 1 N–H and O–H groups in total. The van der Waals surface area contributed by atoms with E-state index in [9.17, 15) is 4.79 Å². The zero-order valence-electron chi connectivity index (χ0n) is 10.5. The molecule has 1 amide bonds. The number of aromatic nitrogens is 1. The minimum Gasteiger partial charge on any atom is -0.353 e. The van der Waals surface area contributed by atoms with Gasteiger partial charge in [-0.1, -0.05) is 30.3 Å². The van der Waals surface area contributed by atoms with E-state index >= 15 is 0 Å². The summed E-state index contributed by atoms with van der Waals surface area (Å²) in [6.45, 7) is 0.827. The van der Waals surface area contributed by atoms with Gasteiger partial charge in [-0.3, -0.25) is 4.79 Å². The molecule has 1 aromatic heterocycles. The molecule has 1 fully saturated rings. The van der Waals surface area contributed by atoms with Crippen LogP contribution < -0.4 is 4.90 Å². The van der Waals surface area contributed by atoms with Gasteiger partial charge in [0.25, 0.3) is 0 Å². The third-order valence-corrected chi connectivity index (χ3v) is 3.88. The summed E-state index contributed by atoms with van der Waals surface area (Å²) in [5, 5.41) is 2.40. The first kappa shape index (κ1) is 10.6. The van der Waals surface area contributed by atoms with E-state index in [1.54, 1.807) is 0 Å². The van der Waals surface area contributed by atoms with E-state index in [1.807, 2.05) is 29.2 Å². The highest BCUT2D eigenvalue weighted by atomic mass is 16.2. The van der Waals surface area contributed by atoms with E-state index in [4.69, 9.17) is 0 Å². The van der Waals surface area contributed by atoms with E-state index in [2.05, 4.69) is 23.2 Å². The minimum absolute atomic E-state index is 0.228. The topological polar surface area (TPSA) is 36.1 Å². The zero-order chi connectivity index (χ0) is 12.8. The van der Waals surface area contributed by atoms with Gasteiger partial charge in [-0.25, -0.2) is 0 Å². The number of amides is 1. The second kappa shape index (κ2) is 3.85. The molecule has 2 aromatic carbocycles. The Balaban J connectivity index is 2.03. The standard InChI is InChI=1S/C16H14N2O/c19-15-9-4-10-18(15)14-8-3-6-12-11-5-1-2-7-13(11)17-16(12)14/h1-3,5-8,17H,4,9-10H2. The average Bonchev–Trinajstić information content (AvgIpc) is 3.02. The number of carbonyl (C=O) groups is 1. The molecule has 3 nitrogen and oxygen atoms in total. The number of para-hydroxylation sites is 2. The molecule has 2 heterocycles. The number of anilines is 1. The molecule has 1 aliphatic heterocycles. The van der Waals surface area contributed by atoms with Crippen LogP contribution in [0.2, 0.25) is 0 Å². The van der Waals surface area contributed by atoms with Crippen LogP contribution in [-0.4, -0.2) is 17.4 Å². The predicted octanol–water partition coefficient (Wildman–Crippen LogP) is 3.45. The summed E-state index contributed by atoms with van der Waals surface area (Å²) in [7, 11) is 0. The quantitative estimate of drug-likeness (QED) is 0.705. The first-order valence-corrected chi connectivity index (χ1v) is 6.64. The number of carbonyl (C=O) groups excluding carboxylic acids is 1. The van der Waals surface area contributed by atoms with Gasteiger partial charge in [0, 0.05) is 29.3 Å². The summed E-state index contributed by atoms with van der Waals surface area (Å²) in [6, 6.07) is 14.4. The van der Waals surface area contributed by atoms with Gasteiger partial charge < -0.3 is 9.88 Å². The molecule has 1 aliphatic rings. The molecule has 19 heavy (non-hydrogen) atoms. The van der Waals surface area contributed by atoms with Gasteiger partial charge in [0.1, 0.15) is 0 Å². The number of rotatable bonds is 1. The number of fused-ring (bicyclic) bond motifs is 3. The van der Waals surface area contributed by atoms with Crippen LogP contribution in [0, 0.1) is 0 Å². The van der Waals surface area contributed by atoms with E-state index in [0.717, 1.165) is 29.7 Å². The molecule has 0 atom stereocenters. The van der Waals surface area contributed by atoms with Crippen LogP contribution in [0.1, 0.15) is 12.8 Å². The van der Waals surface area contributed by atoms with Gasteiger partial charge in [0.2, 0.25) is 5.91 Å². The van der Waals surface area contributed by atoms with E-state index in [1.165, 1.54) is 10.8 Å². The van der Waals surface area contributed by atoms with Crippen molar-refractivity contribution in [2.45, 2.75) is 12.8 Å². The molecule has 0 bridgehead atoms. The molecule has 4 rings (SSSR count). The summed E-state index contributed by atoms with van der Waals surface area (Å²) in [5.41, 5.74) is 3.20. The van der Waals surface area contributed by atoms with Crippen LogP contribution in [0.25, 0.3) is 21.8 Å². The molecule has 0 radical (unpaired) electrons. The Kier molecular flexibility index (Phi) is 2.15. The van der Waals surface area contributed by atoms with Crippen LogP contribution in [0.3, 0.4) is 0 Å². The highest BCUT2D eigenvalue weighted by Gasteiger charge is 2.23. The summed E-state index contributed by atoms with van der Waals surface area (Å²) < 4.78 is 0. The maximum Gasteiger partial charge on any atom is 0.227 e. The fourth-order valence-corrected chi connectivity index (χ4v) is 2.99. The van der Waals surface area contributed by atoms with Crippen molar-refractivity contribution in [3.05, 3.63) is 42.5 Å². The fourth-order valence-electron chi connectivity index (χ4n) is 2.99. The van der Waals surface area contributed by atoms with Crippen molar-refractivity contribution in [2.24, 2.45) is 0 Å². The molecule has 0 aliphatic carbocycles. The molecule has 94 valence electrons. The third-order valence-electron chi connectivity index (χ3n) is 3.88. The van der Waals surface area contributed by atoms with E-state index < -0.39 is 0 Å². The lowest BCUT2D eigenvalue weighted by Crippen LogP contribution is -2.23. The molecule has 3 aromatic rings. The highest BCUT2D eigenvalue weighted by Crippen LogP contribution is 2.33. The first-order chi connectivity index (χ1) is 9.34. The normalized spacial score (nSPS) is 15.8. The summed E-state index contributed by atoms with van der Waals surface area (Å²) in [6.07, 6.45) is 1.62. The number of aromatic amines is 1. The van der Waals surface area contributed by atoms with Crippen LogP contribution >= 0.6 is 0 Å². The Hall–Kier alpha value is -2.29. The van der Waals surface area contributed by atoms with Crippen molar-refractivity contribution in [3.63, 3.8) is 0 Å². The van der Waals surface area contributed by atoms with Gasteiger partial charge in [-0.2, -0.15) is 0 Å². The van der Waals surface area contributed by atoms with E-state index in [0.29, 0.717) is 6.42 Å². The van der Waals surface area contributed by atoms with Gasteiger partial charge >= 0.3 is 0 Å². The SMILES string of the molecule is O=C1CCCN1c1cccc2c1[nH]c1ccccc12. The average molecular weight is 250 g/mol. The van der Waals surface area contributed by atoms with Crippen molar-refractivity contribution in [1.29, 1.82) is 0 Å². The highest BCUT2D eigenvalue weighted by molar-refractivity contribution is 6.13. The Morgan fingerprint density at radius 1 is 1.00 bits per heavy atom. The first-order valence-electron chi connectivity index (χ1n) is 6.64. The number of nitrogens with zero attached hydrogens (tertiary/aromatic N) is 1. The second-order valence-electron chi connectivity index (χ2n) is 5.02. The van der Waals surface area contributed by atoms with Crippen LogP contribution in [0.5, 0.6) is 0 Å². The lowest BCUT2D eigenvalue weighted by molar-refractivity contribution is -0.117. The second-order valence-corrected chi connectivity index (χ2v) is 5.02. The molecule has 0 unspecified atom stereocenters. The lowest BCUT2D eigenvalue weighted by atomic mass is 10.1. The summed E-state index contributed by atoms with van der Waals surface area (Å²) in [4.78, 5) is 17.3. The van der Waals surface area contributed by atoms with Crippen molar-refractivity contribution in [3.8, 4) is 0 Å². The van der Waals surface area contributed by atoms with Crippen molar-refractivity contribution >= 4 is 33.4 Å². The summed E-state index contributed by atoms with van der Waals surface area (Å²) in [5.74, 6) is 0.228. The van der Waals surface area contributed by atoms with Gasteiger partial charge in [-0.05, 0) is 18.6 Å². The number of hydrogen-bond acceptors (Lipinski definition) is 1. The number of hydrogen-bond donors (Lipinski definition) is 1. The van der Waals surface area contributed by atoms with Crippen molar-refractivity contribution < 1.29 is 4.79 Å². The van der Waals surface area contributed by atoms with E-state index in [-0.39, 0.29) is 5.91 Å². The molecule has 0 spiro atoms. The third kappa shape index (κ3) is 1.48. The van der Waals surface area contributed by atoms with Gasteiger partial charge in [-0.15, -0.1) is 0 Å². The maximum atomic E-state index is 11.9. The predicted molar refractivity (Wildman–Crippen MR) is 77.4 cm³/mol. The molecule has 0 saturated carbocycles. The lowest BCUT2D eigenvalue weighted by Gasteiger charge is -2.16. The zero-order valence-corrected chi connectivity index (χ0v) is 10.5.